The number of hydrogen-bond donors (Lipinski definition) is 0. The van der Waals surface area contributed by atoms with Gasteiger partial charge in [-0.2, -0.15) is 0 Å². The lowest BCUT2D eigenvalue weighted by molar-refractivity contribution is 0.0224. The van der Waals surface area contributed by atoms with E-state index in [1.165, 1.54) is 12.8 Å². The molecule has 2 aliphatic rings. The number of carbonyl (C=O) groups is 1. The van der Waals surface area contributed by atoms with E-state index in [1.807, 2.05) is 37.9 Å². The van der Waals surface area contributed by atoms with Crippen molar-refractivity contribution < 1.29 is 9.53 Å². The van der Waals surface area contributed by atoms with Crippen LogP contribution in [0.5, 0.6) is 0 Å². The van der Waals surface area contributed by atoms with E-state index in [2.05, 4.69) is 16.0 Å². The average Bonchev–Trinajstić information content (AvgIpc) is 3.17. The molecule has 2 saturated heterocycles. The monoisotopic (exact) mass is 317 g/mol. The maximum atomic E-state index is 12.5. The fraction of sp³-hybridized carbons (Fsp3) is 0.667. The van der Waals surface area contributed by atoms with Gasteiger partial charge in [0.15, 0.2) is 0 Å². The van der Waals surface area contributed by atoms with Crippen LogP contribution in [-0.2, 0) is 4.74 Å². The van der Waals surface area contributed by atoms with Crippen LogP contribution < -0.4 is 4.90 Å². The Morgan fingerprint density at radius 1 is 1.22 bits per heavy atom. The number of carbonyl (C=O) groups excluding carboxylic acids is 1. The van der Waals surface area contributed by atoms with E-state index < -0.39 is 5.60 Å². The number of aromatic nitrogens is 1. The van der Waals surface area contributed by atoms with E-state index in [9.17, 15) is 4.79 Å². The summed E-state index contributed by atoms with van der Waals surface area (Å²) in [5.41, 5.74) is 0.703. The first-order valence-electron chi connectivity index (χ1n) is 8.65. The molecule has 2 fully saturated rings. The molecule has 1 aromatic rings. The SMILES string of the molecule is CC(C)(C)OC(=O)N1CCCC1c1cccnc1N1CCCC1. The molecule has 0 aromatic carbocycles. The molecule has 126 valence electrons. The molecule has 1 aromatic heterocycles. The molecule has 0 radical (unpaired) electrons. The number of likely N-dealkylation sites (tertiary alicyclic amines) is 1. The zero-order valence-electron chi connectivity index (χ0n) is 14.4. The third-order valence-electron chi connectivity index (χ3n) is 4.46. The Labute approximate surface area is 138 Å². The molecule has 3 rings (SSSR count). The zero-order chi connectivity index (χ0) is 16.4. The quantitative estimate of drug-likeness (QED) is 0.833. The third-order valence-corrected chi connectivity index (χ3v) is 4.46. The molecule has 1 amide bonds. The van der Waals surface area contributed by atoms with Gasteiger partial charge in [-0.05, 0) is 52.5 Å². The van der Waals surface area contributed by atoms with Crippen LogP contribution in [0.25, 0.3) is 0 Å². The number of rotatable bonds is 2. The Kier molecular flexibility index (Phi) is 4.46. The highest BCUT2D eigenvalue weighted by Gasteiger charge is 2.35. The summed E-state index contributed by atoms with van der Waals surface area (Å²) in [4.78, 5) is 21.4. The molecule has 0 aliphatic carbocycles. The summed E-state index contributed by atoms with van der Waals surface area (Å²) in [5.74, 6) is 1.05. The highest BCUT2D eigenvalue weighted by atomic mass is 16.6. The van der Waals surface area contributed by atoms with Crippen molar-refractivity contribution in [2.75, 3.05) is 24.5 Å². The second-order valence-corrected chi connectivity index (χ2v) is 7.44. The smallest absolute Gasteiger partial charge is 0.410 e. The van der Waals surface area contributed by atoms with Gasteiger partial charge in [-0.15, -0.1) is 0 Å². The summed E-state index contributed by atoms with van der Waals surface area (Å²) in [7, 11) is 0. The number of amides is 1. The second-order valence-electron chi connectivity index (χ2n) is 7.44. The van der Waals surface area contributed by atoms with E-state index in [0.29, 0.717) is 0 Å². The molecule has 5 nitrogen and oxygen atoms in total. The van der Waals surface area contributed by atoms with Crippen LogP contribution in [-0.4, -0.2) is 41.2 Å². The van der Waals surface area contributed by atoms with Gasteiger partial charge in [0, 0.05) is 31.4 Å². The Balaban J connectivity index is 1.84. The normalized spacial score (nSPS) is 21.8. The number of nitrogens with zero attached hydrogens (tertiary/aromatic N) is 3. The van der Waals surface area contributed by atoms with E-state index in [4.69, 9.17) is 4.74 Å². The second kappa shape index (κ2) is 6.38. The fourth-order valence-corrected chi connectivity index (χ4v) is 3.49. The van der Waals surface area contributed by atoms with E-state index >= 15 is 0 Å². The largest absolute Gasteiger partial charge is 0.444 e. The summed E-state index contributed by atoms with van der Waals surface area (Å²) in [5, 5.41) is 0. The summed E-state index contributed by atoms with van der Waals surface area (Å²) in [6.07, 6.45) is 6.07. The Morgan fingerprint density at radius 2 is 1.96 bits per heavy atom. The Bertz CT molecular complexity index is 562. The molecule has 0 spiro atoms. The molecule has 23 heavy (non-hydrogen) atoms. The van der Waals surface area contributed by atoms with E-state index in [0.717, 1.165) is 43.9 Å². The Morgan fingerprint density at radius 3 is 2.65 bits per heavy atom. The van der Waals surface area contributed by atoms with E-state index in [1.54, 1.807) is 0 Å². The number of anilines is 1. The van der Waals surface area contributed by atoms with Crippen LogP contribution in [0.3, 0.4) is 0 Å². The van der Waals surface area contributed by atoms with Crippen molar-refractivity contribution in [3.05, 3.63) is 23.9 Å². The van der Waals surface area contributed by atoms with Crippen molar-refractivity contribution in [2.24, 2.45) is 0 Å². The van der Waals surface area contributed by atoms with Crippen LogP contribution in [0.1, 0.15) is 58.1 Å². The lowest BCUT2D eigenvalue weighted by Gasteiger charge is -2.30. The molecular weight excluding hydrogens is 290 g/mol. The van der Waals surface area contributed by atoms with Crippen molar-refractivity contribution in [2.45, 2.75) is 58.1 Å². The molecule has 0 saturated carbocycles. The van der Waals surface area contributed by atoms with Gasteiger partial charge in [-0.1, -0.05) is 6.07 Å². The van der Waals surface area contributed by atoms with E-state index in [-0.39, 0.29) is 12.1 Å². The predicted octanol–water partition coefficient (Wildman–Crippen LogP) is 3.75. The highest BCUT2D eigenvalue weighted by Crippen LogP contribution is 2.37. The van der Waals surface area contributed by atoms with Crippen LogP contribution in [0.2, 0.25) is 0 Å². The Hall–Kier alpha value is -1.78. The summed E-state index contributed by atoms with van der Waals surface area (Å²) >= 11 is 0. The number of ether oxygens (including phenoxy) is 1. The third kappa shape index (κ3) is 3.59. The van der Waals surface area contributed by atoms with Gasteiger partial charge in [-0.3, -0.25) is 0 Å². The van der Waals surface area contributed by atoms with Gasteiger partial charge in [0.25, 0.3) is 0 Å². The summed E-state index contributed by atoms with van der Waals surface area (Å²) < 4.78 is 5.59. The van der Waals surface area contributed by atoms with Crippen LogP contribution in [0, 0.1) is 0 Å². The molecule has 0 bridgehead atoms. The first-order valence-corrected chi connectivity index (χ1v) is 8.65. The molecule has 1 atom stereocenters. The van der Waals surface area contributed by atoms with Crippen molar-refractivity contribution in [3.63, 3.8) is 0 Å². The van der Waals surface area contributed by atoms with Crippen LogP contribution >= 0.6 is 0 Å². The lowest BCUT2D eigenvalue weighted by Crippen LogP contribution is -2.37. The topological polar surface area (TPSA) is 45.7 Å². The molecule has 2 aliphatic heterocycles. The fourth-order valence-electron chi connectivity index (χ4n) is 3.49. The minimum Gasteiger partial charge on any atom is -0.444 e. The lowest BCUT2D eigenvalue weighted by atomic mass is 10.1. The van der Waals surface area contributed by atoms with Crippen LogP contribution in [0.4, 0.5) is 10.6 Å². The van der Waals surface area contributed by atoms with Gasteiger partial charge in [0.1, 0.15) is 11.4 Å². The van der Waals surface area contributed by atoms with Crippen molar-refractivity contribution in [1.29, 1.82) is 0 Å². The van der Waals surface area contributed by atoms with Crippen LogP contribution in [0.15, 0.2) is 18.3 Å². The summed E-state index contributed by atoms with van der Waals surface area (Å²) in [6.45, 7) is 8.61. The number of pyridine rings is 1. The summed E-state index contributed by atoms with van der Waals surface area (Å²) in [6, 6.07) is 4.17. The zero-order valence-corrected chi connectivity index (χ0v) is 14.4. The number of hydrogen-bond acceptors (Lipinski definition) is 4. The first kappa shape index (κ1) is 16.1. The van der Waals surface area contributed by atoms with Gasteiger partial charge in [0.05, 0.1) is 6.04 Å². The van der Waals surface area contributed by atoms with Gasteiger partial charge < -0.3 is 14.5 Å². The first-order chi connectivity index (χ1) is 11.0. The molecule has 0 N–H and O–H groups in total. The molecule has 3 heterocycles. The maximum absolute atomic E-state index is 12.5. The van der Waals surface area contributed by atoms with Crippen molar-refractivity contribution in [3.8, 4) is 0 Å². The van der Waals surface area contributed by atoms with Crippen molar-refractivity contribution in [1.82, 2.24) is 9.88 Å². The molecular formula is C18H27N3O2. The standard InChI is InChI=1S/C18H27N3O2/c1-18(2,3)23-17(22)21-13-7-9-15(21)14-8-6-10-19-16(14)20-11-4-5-12-20/h6,8,10,15H,4-5,7,9,11-13H2,1-3H3. The predicted molar refractivity (Wildman–Crippen MR) is 90.6 cm³/mol. The minimum atomic E-state index is -0.461. The van der Waals surface area contributed by atoms with Gasteiger partial charge >= 0.3 is 6.09 Å². The minimum absolute atomic E-state index is 0.0779. The molecule has 1 unspecified atom stereocenters. The molecule has 5 heteroatoms. The maximum Gasteiger partial charge on any atom is 0.410 e. The van der Waals surface area contributed by atoms with Gasteiger partial charge in [-0.25, -0.2) is 9.78 Å². The average molecular weight is 317 g/mol. The van der Waals surface area contributed by atoms with Gasteiger partial charge in [0.2, 0.25) is 0 Å². The van der Waals surface area contributed by atoms with Crippen molar-refractivity contribution >= 4 is 11.9 Å². The highest BCUT2D eigenvalue weighted by molar-refractivity contribution is 5.70.